The maximum absolute atomic E-state index is 12.7. The highest BCUT2D eigenvalue weighted by molar-refractivity contribution is 5.77. The van der Waals surface area contributed by atoms with Gasteiger partial charge in [0.2, 0.25) is 5.95 Å². The van der Waals surface area contributed by atoms with Gasteiger partial charge in [-0.3, -0.25) is 14.3 Å². The van der Waals surface area contributed by atoms with Gasteiger partial charge in [-0.05, 0) is 6.92 Å². The van der Waals surface area contributed by atoms with Crippen LogP contribution in [-0.2, 0) is 4.74 Å². The number of fused-ring (bicyclic) bond motifs is 1. The van der Waals surface area contributed by atoms with Crippen LogP contribution in [0.2, 0.25) is 0 Å². The largest absolute Gasteiger partial charge is 0.394 e. The van der Waals surface area contributed by atoms with Crippen molar-refractivity contribution in [2.45, 2.75) is 31.8 Å². The maximum Gasteiger partial charge on any atom is 0.280 e. The molecule has 158 valence electrons. The number of aliphatic imine (C=N–C) groups is 1. The van der Waals surface area contributed by atoms with Gasteiger partial charge in [-0.1, -0.05) is 29.8 Å². The summed E-state index contributed by atoms with van der Waals surface area (Å²) >= 11 is 0. The molecule has 0 unspecified atom stereocenters. The molecule has 0 saturated carbocycles. The van der Waals surface area contributed by atoms with Crippen molar-refractivity contribution in [2.24, 2.45) is 4.99 Å². The summed E-state index contributed by atoms with van der Waals surface area (Å²) in [4.78, 5) is 30.3. The number of aliphatic hydroxyl groups is 2. The predicted octanol–water partition coefficient (Wildman–Crippen LogP) is 0.957. The molecule has 3 N–H and O–H groups in total. The highest BCUT2D eigenvalue weighted by Gasteiger charge is 2.37. The minimum absolute atomic E-state index is 0.134. The summed E-state index contributed by atoms with van der Waals surface area (Å²) in [5.41, 5.74) is 1.90. The molecular weight excluding hydrogens is 388 g/mol. The quantitative estimate of drug-likeness (QED) is 0.420. The molecule has 0 spiro atoms. The van der Waals surface area contributed by atoms with E-state index in [1.165, 1.54) is 6.34 Å². The summed E-state index contributed by atoms with van der Waals surface area (Å²) in [6.07, 6.45) is -0.426. The lowest BCUT2D eigenvalue weighted by atomic mass is 10.1. The molecule has 0 amide bonds. The number of ether oxygens (including phenoxy) is 1. The fraction of sp³-hybridized carbons (Fsp3) is 0.400. The summed E-state index contributed by atoms with van der Waals surface area (Å²) in [5.74, 6) is 0.627. The second kappa shape index (κ2) is 7.98. The SMILES string of the molecule is Cc1ccc(-c2nc3c(=O)[nH]c(N=CN(C)C)nc3n2[C@H]2C[C@H](O)[C@@H](CO)O2)cc1. The number of hydrogen-bond acceptors (Lipinski definition) is 7. The van der Waals surface area contributed by atoms with Gasteiger partial charge in [-0.25, -0.2) is 9.98 Å². The number of aromatic amines is 1. The van der Waals surface area contributed by atoms with Crippen molar-refractivity contribution in [3.63, 3.8) is 0 Å². The van der Waals surface area contributed by atoms with Gasteiger partial charge in [0.1, 0.15) is 18.2 Å². The summed E-state index contributed by atoms with van der Waals surface area (Å²) in [6.45, 7) is 1.67. The molecule has 1 aromatic carbocycles. The van der Waals surface area contributed by atoms with Gasteiger partial charge in [-0.15, -0.1) is 0 Å². The lowest BCUT2D eigenvalue weighted by Gasteiger charge is -2.17. The van der Waals surface area contributed by atoms with Crippen molar-refractivity contribution in [1.82, 2.24) is 24.4 Å². The van der Waals surface area contributed by atoms with Crippen LogP contribution in [0.1, 0.15) is 18.2 Å². The van der Waals surface area contributed by atoms with Crippen LogP contribution in [0.15, 0.2) is 34.1 Å². The Labute approximate surface area is 172 Å². The first-order valence-corrected chi connectivity index (χ1v) is 9.61. The molecule has 1 fully saturated rings. The standard InChI is InChI=1S/C20H24N6O4/c1-11-4-6-12(7-5-11)17-22-16-18(23-20(24-19(16)29)21-10-25(2)3)26(17)15-8-13(28)14(9-27)30-15/h4-7,10,13-15,27-28H,8-9H2,1-3H3,(H,23,24,29)/t13-,14+,15+/m0/s1. The highest BCUT2D eigenvalue weighted by Crippen LogP contribution is 2.35. The first kappa shape index (κ1) is 20.2. The molecular formula is C20H24N6O4. The van der Waals surface area contributed by atoms with Crippen molar-refractivity contribution in [3.8, 4) is 11.4 Å². The van der Waals surface area contributed by atoms with Crippen molar-refractivity contribution < 1.29 is 14.9 Å². The number of aryl methyl sites for hydroxylation is 1. The Bertz CT molecular complexity index is 1130. The number of nitrogens with one attached hydrogen (secondary N) is 1. The van der Waals surface area contributed by atoms with E-state index in [0.29, 0.717) is 11.5 Å². The van der Waals surface area contributed by atoms with Crippen LogP contribution in [0.4, 0.5) is 5.95 Å². The van der Waals surface area contributed by atoms with Gasteiger partial charge in [0.15, 0.2) is 11.2 Å². The Morgan fingerprint density at radius 3 is 2.70 bits per heavy atom. The third-order valence-electron chi connectivity index (χ3n) is 4.93. The number of rotatable bonds is 5. The third kappa shape index (κ3) is 3.72. The zero-order valence-electron chi connectivity index (χ0n) is 17.0. The third-order valence-corrected chi connectivity index (χ3v) is 4.93. The fourth-order valence-corrected chi connectivity index (χ4v) is 3.42. The van der Waals surface area contributed by atoms with E-state index in [1.807, 2.05) is 45.3 Å². The average Bonchev–Trinajstić information content (AvgIpc) is 3.27. The lowest BCUT2D eigenvalue weighted by molar-refractivity contribution is -0.0426. The van der Waals surface area contributed by atoms with Crippen LogP contribution in [0.25, 0.3) is 22.6 Å². The molecule has 0 aliphatic carbocycles. The fourth-order valence-electron chi connectivity index (χ4n) is 3.42. The minimum Gasteiger partial charge on any atom is -0.394 e. The summed E-state index contributed by atoms with van der Waals surface area (Å²) in [7, 11) is 3.62. The summed E-state index contributed by atoms with van der Waals surface area (Å²) in [5, 5.41) is 19.7. The van der Waals surface area contributed by atoms with Crippen molar-refractivity contribution in [1.29, 1.82) is 0 Å². The number of aliphatic hydroxyl groups excluding tert-OH is 2. The van der Waals surface area contributed by atoms with E-state index in [-0.39, 0.29) is 24.5 Å². The van der Waals surface area contributed by atoms with E-state index >= 15 is 0 Å². The van der Waals surface area contributed by atoms with E-state index < -0.39 is 24.0 Å². The zero-order valence-corrected chi connectivity index (χ0v) is 17.0. The van der Waals surface area contributed by atoms with Gasteiger partial charge in [0.25, 0.3) is 5.56 Å². The molecule has 4 rings (SSSR count). The summed E-state index contributed by atoms with van der Waals surface area (Å²) < 4.78 is 7.56. The minimum atomic E-state index is -0.837. The van der Waals surface area contributed by atoms with E-state index in [0.717, 1.165) is 11.1 Å². The molecule has 2 aromatic heterocycles. The summed E-state index contributed by atoms with van der Waals surface area (Å²) in [6, 6.07) is 7.71. The molecule has 0 bridgehead atoms. The van der Waals surface area contributed by atoms with Crippen molar-refractivity contribution >= 4 is 23.5 Å². The molecule has 1 aliphatic heterocycles. The Morgan fingerprint density at radius 1 is 1.33 bits per heavy atom. The van der Waals surface area contributed by atoms with Crippen LogP contribution in [-0.4, -0.2) is 73.9 Å². The van der Waals surface area contributed by atoms with Gasteiger partial charge < -0.3 is 19.8 Å². The number of hydrogen-bond donors (Lipinski definition) is 3. The Hall–Kier alpha value is -3.08. The Balaban J connectivity index is 1.92. The number of H-pyrrole nitrogens is 1. The zero-order chi connectivity index (χ0) is 21.4. The Morgan fingerprint density at radius 2 is 2.07 bits per heavy atom. The van der Waals surface area contributed by atoms with Crippen molar-refractivity contribution in [2.75, 3.05) is 20.7 Å². The van der Waals surface area contributed by atoms with Crippen LogP contribution in [0.5, 0.6) is 0 Å². The van der Waals surface area contributed by atoms with Crippen LogP contribution in [0.3, 0.4) is 0 Å². The number of benzene rings is 1. The number of nitrogens with zero attached hydrogens (tertiary/aromatic N) is 5. The molecule has 3 heterocycles. The molecule has 1 aliphatic rings. The second-order valence-electron chi connectivity index (χ2n) is 7.56. The van der Waals surface area contributed by atoms with E-state index in [4.69, 9.17) is 4.74 Å². The predicted molar refractivity (Wildman–Crippen MR) is 112 cm³/mol. The topological polar surface area (TPSA) is 129 Å². The monoisotopic (exact) mass is 412 g/mol. The Kier molecular flexibility index (Phi) is 5.37. The average molecular weight is 412 g/mol. The number of aromatic nitrogens is 4. The number of imidazole rings is 1. The van der Waals surface area contributed by atoms with Gasteiger partial charge in [0, 0.05) is 26.1 Å². The van der Waals surface area contributed by atoms with Gasteiger partial charge in [-0.2, -0.15) is 4.98 Å². The smallest absolute Gasteiger partial charge is 0.280 e. The molecule has 10 nitrogen and oxygen atoms in total. The lowest BCUT2D eigenvalue weighted by Crippen LogP contribution is -2.24. The van der Waals surface area contributed by atoms with Crippen LogP contribution in [0, 0.1) is 6.92 Å². The molecule has 3 aromatic rings. The highest BCUT2D eigenvalue weighted by atomic mass is 16.5. The van der Waals surface area contributed by atoms with Gasteiger partial charge in [0.05, 0.1) is 19.0 Å². The molecule has 10 heteroatoms. The molecule has 1 saturated heterocycles. The van der Waals surface area contributed by atoms with Crippen LogP contribution < -0.4 is 5.56 Å². The van der Waals surface area contributed by atoms with E-state index in [2.05, 4.69) is 19.9 Å². The first-order valence-electron chi connectivity index (χ1n) is 9.61. The second-order valence-corrected chi connectivity index (χ2v) is 7.56. The van der Waals surface area contributed by atoms with E-state index in [9.17, 15) is 15.0 Å². The molecule has 3 atom stereocenters. The first-order chi connectivity index (χ1) is 14.4. The van der Waals surface area contributed by atoms with E-state index in [1.54, 1.807) is 9.47 Å². The maximum atomic E-state index is 12.7. The van der Waals surface area contributed by atoms with Crippen LogP contribution >= 0.6 is 0 Å². The normalized spacial score (nSPS) is 21.7. The van der Waals surface area contributed by atoms with Gasteiger partial charge >= 0.3 is 0 Å². The molecule has 30 heavy (non-hydrogen) atoms. The van der Waals surface area contributed by atoms with Crippen molar-refractivity contribution in [3.05, 3.63) is 40.2 Å². The molecule has 0 radical (unpaired) electrons.